The van der Waals surface area contributed by atoms with E-state index in [1.54, 1.807) is 0 Å². The first-order valence-corrected chi connectivity index (χ1v) is 7.08. The maximum absolute atomic E-state index is 5.99. The molecule has 2 heterocycles. The Hall–Kier alpha value is -1.09. The molecule has 0 bridgehead atoms. The third-order valence-electron chi connectivity index (χ3n) is 4.29. The van der Waals surface area contributed by atoms with Crippen LogP contribution in [0.2, 0.25) is 0 Å². The van der Waals surface area contributed by atoms with Crippen LogP contribution in [-0.2, 0) is 0 Å². The molecule has 1 aromatic rings. The van der Waals surface area contributed by atoms with Gasteiger partial charge in [0, 0.05) is 19.1 Å². The Morgan fingerprint density at radius 2 is 2.17 bits per heavy atom. The number of anilines is 1. The molecule has 0 aromatic carbocycles. The van der Waals surface area contributed by atoms with Gasteiger partial charge in [-0.25, -0.2) is 0 Å². The number of hydrogen-bond acceptors (Lipinski definition) is 3. The molecule has 1 aliphatic rings. The van der Waals surface area contributed by atoms with Gasteiger partial charge in [0.2, 0.25) is 0 Å². The van der Waals surface area contributed by atoms with Gasteiger partial charge in [0.1, 0.15) is 0 Å². The van der Waals surface area contributed by atoms with Crippen LogP contribution in [0.4, 0.5) is 5.69 Å². The van der Waals surface area contributed by atoms with E-state index in [9.17, 15) is 0 Å². The van der Waals surface area contributed by atoms with Gasteiger partial charge >= 0.3 is 0 Å². The fourth-order valence-electron chi connectivity index (χ4n) is 2.51. The first kappa shape index (κ1) is 13.3. The summed E-state index contributed by atoms with van der Waals surface area (Å²) < 4.78 is 0. The van der Waals surface area contributed by atoms with Crippen molar-refractivity contribution in [2.75, 3.05) is 18.0 Å². The number of rotatable bonds is 3. The Bertz CT molecular complexity index is 374. The lowest BCUT2D eigenvalue weighted by atomic mass is 9.88. The Balaban J connectivity index is 2.06. The van der Waals surface area contributed by atoms with Crippen molar-refractivity contribution in [3.63, 3.8) is 0 Å². The SMILES string of the molecule is CC[C@H](N)c1ccc(N2CCC(C)C(C)C2)cn1. The smallest absolute Gasteiger partial charge is 0.0572 e. The summed E-state index contributed by atoms with van der Waals surface area (Å²) in [6, 6.07) is 4.31. The molecule has 1 fully saturated rings. The number of pyridine rings is 1. The molecule has 0 radical (unpaired) electrons. The van der Waals surface area contributed by atoms with E-state index >= 15 is 0 Å². The zero-order valence-corrected chi connectivity index (χ0v) is 11.8. The fraction of sp³-hybridized carbons (Fsp3) is 0.667. The molecule has 18 heavy (non-hydrogen) atoms. The average molecular weight is 247 g/mol. The number of nitrogens with zero attached hydrogens (tertiary/aromatic N) is 2. The predicted octanol–water partition coefficient (Wildman–Crippen LogP) is 2.97. The van der Waals surface area contributed by atoms with Crippen LogP contribution < -0.4 is 10.6 Å². The average Bonchev–Trinajstić information content (AvgIpc) is 2.41. The lowest BCUT2D eigenvalue weighted by Gasteiger charge is -2.36. The zero-order chi connectivity index (χ0) is 13.1. The number of hydrogen-bond donors (Lipinski definition) is 1. The third-order valence-corrected chi connectivity index (χ3v) is 4.29. The summed E-state index contributed by atoms with van der Waals surface area (Å²) in [6.07, 6.45) is 4.19. The van der Waals surface area contributed by atoms with E-state index in [-0.39, 0.29) is 6.04 Å². The molecule has 1 aliphatic heterocycles. The maximum Gasteiger partial charge on any atom is 0.0572 e. The topological polar surface area (TPSA) is 42.1 Å². The zero-order valence-electron chi connectivity index (χ0n) is 11.8. The maximum atomic E-state index is 5.99. The van der Waals surface area contributed by atoms with Gasteiger partial charge in [-0.3, -0.25) is 4.98 Å². The van der Waals surface area contributed by atoms with Gasteiger partial charge in [-0.1, -0.05) is 20.8 Å². The predicted molar refractivity (Wildman–Crippen MR) is 76.6 cm³/mol. The molecule has 100 valence electrons. The minimum absolute atomic E-state index is 0.0688. The van der Waals surface area contributed by atoms with Crippen molar-refractivity contribution in [1.29, 1.82) is 0 Å². The third kappa shape index (κ3) is 2.83. The largest absolute Gasteiger partial charge is 0.370 e. The van der Waals surface area contributed by atoms with E-state index < -0.39 is 0 Å². The van der Waals surface area contributed by atoms with Crippen molar-refractivity contribution in [3.8, 4) is 0 Å². The minimum atomic E-state index is 0.0688. The Morgan fingerprint density at radius 3 is 2.72 bits per heavy atom. The molecule has 2 unspecified atom stereocenters. The first-order valence-electron chi connectivity index (χ1n) is 7.08. The van der Waals surface area contributed by atoms with Crippen molar-refractivity contribution < 1.29 is 0 Å². The van der Waals surface area contributed by atoms with Crippen LogP contribution in [0, 0.1) is 11.8 Å². The summed E-state index contributed by atoms with van der Waals surface area (Å²) in [7, 11) is 0. The van der Waals surface area contributed by atoms with Gasteiger partial charge in [-0.2, -0.15) is 0 Å². The summed E-state index contributed by atoms with van der Waals surface area (Å²) in [6.45, 7) is 9.07. The second kappa shape index (κ2) is 5.70. The lowest BCUT2D eigenvalue weighted by Crippen LogP contribution is -2.38. The lowest BCUT2D eigenvalue weighted by molar-refractivity contribution is 0.324. The van der Waals surface area contributed by atoms with Gasteiger partial charge in [0.05, 0.1) is 17.6 Å². The summed E-state index contributed by atoms with van der Waals surface area (Å²) in [4.78, 5) is 6.95. The number of nitrogens with two attached hydrogens (primary N) is 1. The highest BCUT2D eigenvalue weighted by Gasteiger charge is 2.22. The first-order chi connectivity index (χ1) is 8.61. The van der Waals surface area contributed by atoms with Gasteiger partial charge in [-0.15, -0.1) is 0 Å². The molecule has 3 heteroatoms. The highest BCUT2D eigenvalue weighted by atomic mass is 15.1. The van der Waals surface area contributed by atoms with Crippen LogP contribution in [0.5, 0.6) is 0 Å². The van der Waals surface area contributed by atoms with Crippen LogP contribution in [0.3, 0.4) is 0 Å². The molecule has 2 rings (SSSR count). The fourth-order valence-corrected chi connectivity index (χ4v) is 2.51. The van der Waals surface area contributed by atoms with Gasteiger partial charge < -0.3 is 10.6 Å². The molecule has 1 aromatic heterocycles. The second-order valence-electron chi connectivity index (χ2n) is 5.65. The van der Waals surface area contributed by atoms with E-state index in [0.717, 1.165) is 37.0 Å². The Labute approximate surface area is 110 Å². The summed E-state index contributed by atoms with van der Waals surface area (Å²) in [5.74, 6) is 1.60. The molecule has 3 nitrogen and oxygen atoms in total. The number of piperidine rings is 1. The normalized spacial score (nSPS) is 26.1. The van der Waals surface area contributed by atoms with Crippen molar-refractivity contribution in [1.82, 2.24) is 4.98 Å². The van der Waals surface area contributed by atoms with E-state index in [1.165, 1.54) is 12.1 Å². The molecule has 3 atom stereocenters. The number of aromatic nitrogens is 1. The van der Waals surface area contributed by atoms with Crippen molar-refractivity contribution in [3.05, 3.63) is 24.0 Å². The van der Waals surface area contributed by atoms with Crippen molar-refractivity contribution in [2.45, 2.75) is 39.7 Å². The monoisotopic (exact) mass is 247 g/mol. The van der Waals surface area contributed by atoms with E-state index in [4.69, 9.17) is 5.73 Å². The quantitative estimate of drug-likeness (QED) is 0.893. The Morgan fingerprint density at radius 1 is 1.39 bits per heavy atom. The summed E-state index contributed by atoms with van der Waals surface area (Å²) in [5, 5.41) is 0. The molecular formula is C15H25N3. The second-order valence-corrected chi connectivity index (χ2v) is 5.65. The van der Waals surface area contributed by atoms with Crippen LogP contribution in [0.25, 0.3) is 0 Å². The highest BCUT2D eigenvalue weighted by Crippen LogP contribution is 2.27. The van der Waals surface area contributed by atoms with Crippen LogP contribution in [-0.4, -0.2) is 18.1 Å². The van der Waals surface area contributed by atoms with Gasteiger partial charge in [0.25, 0.3) is 0 Å². The van der Waals surface area contributed by atoms with Crippen molar-refractivity contribution in [2.24, 2.45) is 17.6 Å². The molecular weight excluding hydrogens is 222 g/mol. The van der Waals surface area contributed by atoms with E-state index in [2.05, 4.69) is 42.8 Å². The Kier molecular flexibility index (Phi) is 4.23. The van der Waals surface area contributed by atoms with E-state index in [1.807, 2.05) is 6.20 Å². The molecule has 1 saturated heterocycles. The van der Waals surface area contributed by atoms with Gasteiger partial charge in [-0.05, 0) is 36.8 Å². The van der Waals surface area contributed by atoms with Crippen LogP contribution in [0.15, 0.2) is 18.3 Å². The molecule has 0 saturated carbocycles. The van der Waals surface area contributed by atoms with Crippen LogP contribution in [0.1, 0.15) is 45.3 Å². The molecule has 0 amide bonds. The van der Waals surface area contributed by atoms with Crippen LogP contribution >= 0.6 is 0 Å². The highest BCUT2D eigenvalue weighted by molar-refractivity contribution is 5.45. The van der Waals surface area contributed by atoms with Crippen molar-refractivity contribution >= 4 is 5.69 Å². The summed E-state index contributed by atoms with van der Waals surface area (Å²) >= 11 is 0. The van der Waals surface area contributed by atoms with Gasteiger partial charge in [0.15, 0.2) is 0 Å². The summed E-state index contributed by atoms with van der Waals surface area (Å²) in [5.41, 5.74) is 8.22. The molecule has 0 aliphatic carbocycles. The standard InChI is InChI=1S/C15H25N3/c1-4-14(16)15-6-5-13(9-17-15)18-8-7-11(2)12(3)10-18/h5-6,9,11-12,14H,4,7-8,10,16H2,1-3H3/t11?,12?,14-/m0/s1. The minimum Gasteiger partial charge on any atom is -0.370 e. The molecule has 2 N–H and O–H groups in total. The molecule has 0 spiro atoms. The van der Waals surface area contributed by atoms with E-state index in [0.29, 0.717) is 0 Å².